The maximum atomic E-state index is 12.9. The summed E-state index contributed by atoms with van der Waals surface area (Å²) in [7, 11) is 0. The van der Waals surface area contributed by atoms with Crippen LogP contribution in [-0.4, -0.2) is 20.6 Å². The fraction of sp³-hybridized carbons (Fsp3) is 0.333. The zero-order valence-electron chi connectivity index (χ0n) is 13.9. The van der Waals surface area contributed by atoms with Gasteiger partial charge in [-0.05, 0) is 32.4 Å². The largest absolute Gasteiger partial charge is 0.436 e. The maximum absolute atomic E-state index is 12.9. The molecule has 2 rings (SSSR count). The number of hydrogen-bond acceptors (Lipinski definition) is 4. The summed E-state index contributed by atoms with van der Waals surface area (Å²) in [5.41, 5.74) is -0.659. The van der Waals surface area contributed by atoms with E-state index in [1.54, 1.807) is 6.92 Å². The van der Waals surface area contributed by atoms with Crippen LogP contribution in [0.4, 0.5) is 24.5 Å². The van der Waals surface area contributed by atoms with E-state index >= 15 is 0 Å². The summed E-state index contributed by atoms with van der Waals surface area (Å²) in [4.78, 5) is 22.5. The fourth-order valence-electron chi connectivity index (χ4n) is 2.31. The number of aryl methyl sites for hydroxylation is 1. The molecule has 2 aromatic rings. The molecule has 0 aliphatic rings. The number of non-ortho nitro benzene ring substituents is 1. The molecule has 1 atom stereocenters. The second-order valence-corrected chi connectivity index (χ2v) is 5.99. The molecular formula is C15H14ClF3N4O3. The third kappa shape index (κ3) is 3.79. The van der Waals surface area contributed by atoms with E-state index in [1.165, 1.54) is 32.0 Å². The number of carbonyl (C=O) groups is 1. The topological polar surface area (TPSA) is 90.1 Å². The molecule has 1 aromatic carbocycles. The summed E-state index contributed by atoms with van der Waals surface area (Å²) in [6.45, 7) is 4.25. The van der Waals surface area contributed by atoms with E-state index < -0.39 is 33.8 Å². The Bertz CT molecular complexity index is 880. The number of amides is 1. The van der Waals surface area contributed by atoms with E-state index in [9.17, 15) is 28.1 Å². The molecule has 1 N–H and O–H groups in total. The standard InChI is InChI=1S/C15H14ClF3N4O3/c1-7-6-10(23(25)26)4-5-11(7)20-14(24)9(3)22-8(2)12(16)13(21-22)15(17,18)19/h4-6,9H,1-3H3,(H,20,24). The van der Waals surface area contributed by atoms with Crippen LogP contribution in [0.2, 0.25) is 5.02 Å². The predicted octanol–water partition coefficient (Wildman–Crippen LogP) is 4.28. The summed E-state index contributed by atoms with van der Waals surface area (Å²) >= 11 is 5.68. The van der Waals surface area contributed by atoms with Crippen molar-refractivity contribution in [3.8, 4) is 0 Å². The van der Waals surface area contributed by atoms with E-state index in [1.807, 2.05) is 0 Å². The minimum absolute atomic E-state index is 0.00191. The Morgan fingerprint density at radius 2 is 2.00 bits per heavy atom. The number of nitrogens with zero attached hydrogens (tertiary/aromatic N) is 3. The Morgan fingerprint density at radius 1 is 1.38 bits per heavy atom. The summed E-state index contributed by atoms with van der Waals surface area (Å²) in [5.74, 6) is -0.641. The Hall–Kier alpha value is -2.62. The van der Waals surface area contributed by atoms with Gasteiger partial charge in [0.1, 0.15) is 6.04 Å². The zero-order valence-corrected chi connectivity index (χ0v) is 14.6. The molecule has 0 spiro atoms. The minimum Gasteiger partial charge on any atom is -0.324 e. The highest BCUT2D eigenvalue weighted by molar-refractivity contribution is 6.32. The van der Waals surface area contributed by atoms with Gasteiger partial charge in [-0.1, -0.05) is 11.6 Å². The van der Waals surface area contributed by atoms with Crippen LogP contribution in [0.3, 0.4) is 0 Å². The first-order valence-electron chi connectivity index (χ1n) is 7.31. The minimum atomic E-state index is -4.74. The number of rotatable bonds is 4. The number of alkyl halides is 3. The molecular weight excluding hydrogens is 377 g/mol. The molecule has 0 saturated heterocycles. The molecule has 26 heavy (non-hydrogen) atoms. The van der Waals surface area contributed by atoms with Gasteiger partial charge in [0.25, 0.3) is 5.69 Å². The van der Waals surface area contributed by atoms with Crippen molar-refractivity contribution < 1.29 is 22.9 Å². The number of benzene rings is 1. The fourth-order valence-corrected chi connectivity index (χ4v) is 2.54. The summed E-state index contributed by atoms with van der Waals surface area (Å²) in [6, 6.07) is 2.75. The molecule has 0 fully saturated rings. The Balaban J connectivity index is 2.27. The van der Waals surface area contributed by atoms with Gasteiger partial charge in [0.2, 0.25) is 5.91 Å². The SMILES string of the molecule is Cc1cc([N+](=O)[O-])ccc1NC(=O)C(C)n1nc(C(F)(F)F)c(Cl)c1C. The number of carbonyl (C=O) groups excluding carboxylic acids is 1. The lowest BCUT2D eigenvalue weighted by Gasteiger charge is -2.15. The molecule has 0 aliphatic heterocycles. The van der Waals surface area contributed by atoms with Gasteiger partial charge in [-0.15, -0.1) is 0 Å². The van der Waals surface area contributed by atoms with E-state index in [2.05, 4.69) is 10.4 Å². The zero-order chi connectivity index (χ0) is 19.8. The molecule has 1 heterocycles. The molecule has 0 saturated carbocycles. The van der Waals surface area contributed by atoms with Crippen molar-refractivity contribution in [3.05, 3.63) is 50.3 Å². The van der Waals surface area contributed by atoms with Gasteiger partial charge in [0, 0.05) is 17.8 Å². The Kier molecular flexibility index (Phi) is 5.26. The highest BCUT2D eigenvalue weighted by Gasteiger charge is 2.39. The van der Waals surface area contributed by atoms with Crippen molar-refractivity contribution in [1.29, 1.82) is 0 Å². The number of nitro benzene ring substituents is 1. The van der Waals surface area contributed by atoms with Crippen molar-refractivity contribution >= 4 is 28.9 Å². The quantitative estimate of drug-likeness (QED) is 0.623. The third-order valence-electron chi connectivity index (χ3n) is 3.77. The normalized spacial score (nSPS) is 12.7. The van der Waals surface area contributed by atoms with Crippen molar-refractivity contribution in [2.45, 2.75) is 33.0 Å². The van der Waals surface area contributed by atoms with Crippen LogP contribution in [0.15, 0.2) is 18.2 Å². The van der Waals surface area contributed by atoms with Crippen LogP contribution in [0.1, 0.15) is 29.9 Å². The molecule has 140 valence electrons. The first kappa shape index (κ1) is 19.7. The van der Waals surface area contributed by atoms with Crippen LogP contribution in [0, 0.1) is 24.0 Å². The average Bonchev–Trinajstić information content (AvgIpc) is 2.84. The number of halogens is 4. The van der Waals surface area contributed by atoms with E-state index in [-0.39, 0.29) is 11.4 Å². The molecule has 7 nitrogen and oxygen atoms in total. The van der Waals surface area contributed by atoms with Crippen molar-refractivity contribution in [2.24, 2.45) is 0 Å². The van der Waals surface area contributed by atoms with Crippen LogP contribution < -0.4 is 5.32 Å². The predicted molar refractivity (Wildman–Crippen MR) is 88.2 cm³/mol. The molecule has 11 heteroatoms. The van der Waals surface area contributed by atoms with Gasteiger partial charge in [0.15, 0.2) is 5.69 Å². The Labute approximate surface area is 150 Å². The third-order valence-corrected chi connectivity index (χ3v) is 4.22. The van der Waals surface area contributed by atoms with Gasteiger partial charge < -0.3 is 5.32 Å². The second-order valence-electron chi connectivity index (χ2n) is 5.61. The van der Waals surface area contributed by atoms with Crippen molar-refractivity contribution in [1.82, 2.24) is 9.78 Å². The maximum Gasteiger partial charge on any atom is 0.436 e. The van der Waals surface area contributed by atoms with Crippen LogP contribution in [0.25, 0.3) is 0 Å². The summed E-state index contributed by atoms with van der Waals surface area (Å²) in [5, 5.41) is 16.1. The van der Waals surface area contributed by atoms with Crippen molar-refractivity contribution in [3.63, 3.8) is 0 Å². The van der Waals surface area contributed by atoms with Gasteiger partial charge in [-0.25, -0.2) is 0 Å². The highest BCUT2D eigenvalue weighted by Crippen LogP contribution is 2.36. The lowest BCUT2D eigenvalue weighted by atomic mass is 10.1. The summed E-state index contributed by atoms with van der Waals surface area (Å²) in [6.07, 6.45) is -4.74. The van der Waals surface area contributed by atoms with Gasteiger partial charge in [0.05, 0.1) is 15.6 Å². The van der Waals surface area contributed by atoms with Gasteiger partial charge in [-0.2, -0.15) is 18.3 Å². The number of anilines is 1. The first-order chi connectivity index (χ1) is 11.9. The first-order valence-corrected chi connectivity index (χ1v) is 7.69. The highest BCUT2D eigenvalue weighted by atomic mass is 35.5. The lowest BCUT2D eigenvalue weighted by molar-refractivity contribution is -0.384. The number of aromatic nitrogens is 2. The van der Waals surface area contributed by atoms with Gasteiger partial charge in [-0.3, -0.25) is 19.6 Å². The number of nitrogens with one attached hydrogen (secondary N) is 1. The molecule has 1 aromatic heterocycles. The second kappa shape index (κ2) is 6.94. The van der Waals surface area contributed by atoms with E-state index in [0.29, 0.717) is 11.3 Å². The average molecular weight is 391 g/mol. The van der Waals surface area contributed by atoms with Gasteiger partial charge >= 0.3 is 6.18 Å². The van der Waals surface area contributed by atoms with Crippen LogP contribution in [0.5, 0.6) is 0 Å². The van der Waals surface area contributed by atoms with E-state index in [4.69, 9.17) is 11.6 Å². The molecule has 0 bridgehead atoms. The number of nitro groups is 1. The molecule has 1 amide bonds. The number of hydrogen-bond donors (Lipinski definition) is 1. The smallest absolute Gasteiger partial charge is 0.324 e. The molecule has 0 aliphatic carbocycles. The van der Waals surface area contributed by atoms with Crippen LogP contribution in [-0.2, 0) is 11.0 Å². The monoisotopic (exact) mass is 390 g/mol. The molecule has 1 unspecified atom stereocenters. The Morgan fingerprint density at radius 3 is 2.46 bits per heavy atom. The van der Waals surface area contributed by atoms with E-state index in [0.717, 1.165) is 4.68 Å². The van der Waals surface area contributed by atoms with Crippen molar-refractivity contribution in [2.75, 3.05) is 5.32 Å². The van der Waals surface area contributed by atoms with Crippen LogP contribution >= 0.6 is 11.6 Å². The summed E-state index contributed by atoms with van der Waals surface area (Å²) < 4.78 is 39.6. The lowest BCUT2D eigenvalue weighted by Crippen LogP contribution is -2.26. The molecule has 0 radical (unpaired) electrons.